The third kappa shape index (κ3) is 3.42. The topological polar surface area (TPSA) is 17.1 Å². The summed E-state index contributed by atoms with van der Waals surface area (Å²) in [4.78, 5) is 10.4. The van der Waals surface area contributed by atoms with Gasteiger partial charge in [-0.05, 0) is 30.2 Å². The molecule has 1 aromatic carbocycles. The van der Waals surface area contributed by atoms with Crippen molar-refractivity contribution in [2.45, 2.75) is 6.42 Å². The summed E-state index contributed by atoms with van der Waals surface area (Å²) in [6.07, 6.45) is 5.26. The van der Waals surface area contributed by atoms with Gasteiger partial charge < -0.3 is 0 Å². The van der Waals surface area contributed by atoms with Crippen molar-refractivity contribution in [2.75, 3.05) is 5.33 Å². The van der Waals surface area contributed by atoms with Gasteiger partial charge >= 0.3 is 0 Å². The zero-order valence-electron chi connectivity index (χ0n) is 7.54. The molecule has 0 aliphatic heterocycles. The molecule has 3 heteroatoms. The molecule has 0 fully saturated rings. The SMILES string of the molecule is O=Cc1cc(F)cc(C=CCCBr)c1. The first-order valence-corrected chi connectivity index (χ1v) is 5.36. The first-order valence-electron chi connectivity index (χ1n) is 4.24. The number of hydrogen-bond acceptors (Lipinski definition) is 1. The highest BCUT2D eigenvalue weighted by atomic mass is 79.9. The molecule has 0 bridgehead atoms. The van der Waals surface area contributed by atoms with E-state index in [4.69, 9.17) is 0 Å². The first kappa shape index (κ1) is 11.1. The third-order valence-electron chi connectivity index (χ3n) is 1.66. The number of carbonyl (C=O) groups is 1. The van der Waals surface area contributed by atoms with Crippen molar-refractivity contribution in [1.29, 1.82) is 0 Å². The number of allylic oxidation sites excluding steroid dienone is 1. The normalized spacial score (nSPS) is 10.7. The van der Waals surface area contributed by atoms with Gasteiger partial charge in [-0.2, -0.15) is 0 Å². The van der Waals surface area contributed by atoms with E-state index in [-0.39, 0.29) is 5.82 Å². The van der Waals surface area contributed by atoms with E-state index >= 15 is 0 Å². The Kier molecular flexibility index (Phi) is 4.53. The molecule has 0 spiro atoms. The van der Waals surface area contributed by atoms with Gasteiger partial charge in [0.1, 0.15) is 12.1 Å². The van der Waals surface area contributed by atoms with Crippen LogP contribution < -0.4 is 0 Å². The van der Waals surface area contributed by atoms with Crippen LogP contribution in [0, 0.1) is 5.82 Å². The van der Waals surface area contributed by atoms with Crippen molar-refractivity contribution in [3.05, 3.63) is 41.2 Å². The van der Waals surface area contributed by atoms with Crippen molar-refractivity contribution < 1.29 is 9.18 Å². The van der Waals surface area contributed by atoms with Gasteiger partial charge in [-0.25, -0.2) is 4.39 Å². The van der Waals surface area contributed by atoms with Crippen LogP contribution in [-0.4, -0.2) is 11.6 Å². The van der Waals surface area contributed by atoms with Crippen LogP contribution in [0.2, 0.25) is 0 Å². The molecule has 0 saturated heterocycles. The summed E-state index contributed by atoms with van der Waals surface area (Å²) in [5.41, 5.74) is 1.08. The quantitative estimate of drug-likeness (QED) is 0.596. The number of hydrogen-bond donors (Lipinski definition) is 0. The second-order valence-corrected chi connectivity index (χ2v) is 3.61. The fourth-order valence-electron chi connectivity index (χ4n) is 1.08. The van der Waals surface area contributed by atoms with E-state index in [1.807, 2.05) is 6.08 Å². The van der Waals surface area contributed by atoms with Crippen LogP contribution in [0.4, 0.5) is 4.39 Å². The van der Waals surface area contributed by atoms with Crippen molar-refractivity contribution in [3.63, 3.8) is 0 Å². The molecule has 0 N–H and O–H groups in total. The van der Waals surface area contributed by atoms with E-state index in [1.165, 1.54) is 12.1 Å². The van der Waals surface area contributed by atoms with Crippen molar-refractivity contribution in [1.82, 2.24) is 0 Å². The van der Waals surface area contributed by atoms with E-state index in [1.54, 1.807) is 12.1 Å². The highest BCUT2D eigenvalue weighted by molar-refractivity contribution is 9.09. The van der Waals surface area contributed by atoms with Gasteiger partial charge in [0.05, 0.1) is 0 Å². The largest absolute Gasteiger partial charge is 0.298 e. The molecule has 14 heavy (non-hydrogen) atoms. The number of benzene rings is 1. The van der Waals surface area contributed by atoms with Crippen LogP contribution in [-0.2, 0) is 0 Å². The Hall–Kier alpha value is -0.960. The molecule has 1 rings (SSSR count). The van der Waals surface area contributed by atoms with Gasteiger partial charge in [-0.15, -0.1) is 0 Å². The number of rotatable bonds is 4. The average Bonchev–Trinajstić information content (AvgIpc) is 2.17. The average molecular weight is 257 g/mol. The Bertz CT molecular complexity index is 347. The lowest BCUT2D eigenvalue weighted by Crippen LogP contribution is -1.84. The molecule has 0 aromatic heterocycles. The molecular weight excluding hydrogens is 247 g/mol. The molecule has 0 saturated carbocycles. The van der Waals surface area contributed by atoms with Crippen LogP contribution >= 0.6 is 15.9 Å². The van der Waals surface area contributed by atoms with E-state index in [0.29, 0.717) is 17.4 Å². The predicted molar refractivity (Wildman–Crippen MR) is 59.2 cm³/mol. The summed E-state index contributed by atoms with van der Waals surface area (Å²) in [7, 11) is 0. The third-order valence-corrected chi connectivity index (χ3v) is 2.12. The number of aldehydes is 1. The van der Waals surface area contributed by atoms with Crippen LogP contribution in [0.15, 0.2) is 24.3 Å². The van der Waals surface area contributed by atoms with Gasteiger partial charge in [-0.3, -0.25) is 4.79 Å². The first-order chi connectivity index (χ1) is 6.76. The molecule has 0 heterocycles. The second kappa shape index (κ2) is 5.70. The number of carbonyl (C=O) groups excluding carboxylic acids is 1. The van der Waals surface area contributed by atoms with Crippen LogP contribution in [0.5, 0.6) is 0 Å². The lowest BCUT2D eigenvalue weighted by molar-refractivity contribution is 0.112. The van der Waals surface area contributed by atoms with Gasteiger partial charge in [0.15, 0.2) is 0 Å². The Balaban J connectivity index is 2.86. The Morgan fingerprint density at radius 3 is 2.64 bits per heavy atom. The maximum atomic E-state index is 12.9. The van der Waals surface area contributed by atoms with Gasteiger partial charge in [0, 0.05) is 10.9 Å². The summed E-state index contributed by atoms with van der Waals surface area (Å²) in [5, 5.41) is 0.874. The van der Waals surface area contributed by atoms with Gasteiger partial charge in [-0.1, -0.05) is 28.1 Å². The zero-order chi connectivity index (χ0) is 10.4. The van der Waals surface area contributed by atoms with E-state index in [0.717, 1.165) is 11.8 Å². The smallest absolute Gasteiger partial charge is 0.150 e. The Morgan fingerprint density at radius 2 is 2.00 bits per heavy atom. The monoisotopic (exact) mass is 256 g/mol. The summed E-state index contributed by atoms with van der Waals surface area (Å²) >= 11 is 3.28. The summed E-state index contributed by atoms with van der Waals surface area (Å²) in [6.45, 7) is 0. The molecule has 0 aliphatic rings. The van der Waals surface area contributed by atoms with Gasteiger partial charge in [0.25, 0.3) is 0 Å². The fourth-order valence-corrected chi connectivity index (χ4v) is 1.35. The molecule has 0 amide bonds. The molecule has 0 atom stereocenters. The van der Waals surface area contributed by atoms with Crippen molar-refractivity contribution in [3.8, 4) is 0 Å². The molecule has 0 radical (unpaired) electrons. The molecule has 0 aliphatic carbocycles. The number of halogens is 2. The van der Waals surface area contributed by atoms with Crippen molar-refractivity contribution in [2.24, 2.45) is 0 Å². The fraction of sp³-hybridized carbons (Fsp3) is 0.182. The Morgan fingerprint density at radius 1 is 1.29 bits per heavy atom. The molecule has 1 aromatic rings. The van der Waals surface area contributed by atoms with E-state index in [9.17, 15) is 9.18 Å². The highest BCUT2D eigenvalue weighted by Crippen LogP contribution is 2.09. The van der Waals surface area contributed by atoms with Crippen molar-refractivity contribution >= 4 is 28.3 Å². The van der Waals surface area contributed by atoms with E-state index in [2.05, 4.69) is 15.9 Å². The minimum atomic E-state index is -0.381. The van der Waals surface area contributed by atoms with E-state index < -0.39 is 0 Å². The number of alkyl halides is 1. The maximum Gasteiger partial charge on any atom is 0.150 e. The lowest BCUT2D eigenvalue weighted by atomic mass is 10.1. The van der Waals surface area contributed by atoms with Crippen LogP contribution in [0.1, 0.15) is 22.3 Å². The second-order valence-electron chi connectivity index (χ2n) is 2.82. The molecule has 74 valence electrons. The van der Waals surface area contributed by atoms with Crippen LogP contribution in [0.3, 0.4) is 0 Å². The Labute approximate surface area is 90.8 Å². The summed E-state index contributed by atoms with van der Waals surface area (Å²) in [5.74, 6) is -0.381. The lowest BCUT2D eigenvalue weighted by Gasteiger charge is -1.96. The zero-order valence-corrected chi connectivity index (χ0v) is 9.13. The highest BCUT2D eigenvalue weighted by Gasteiger charge is 1.96. The minimum Gasteiger partial charge on any atom is -0.298 e. The summed E-state index contributed by atoms with van der Waals surface area (Å²) in [6, 6.07) is 4.27. The summed E-state index contributed by atoms with van der Waals surface area (Å²) < 4.78 is 12.9. The standard InChI is InChI=1S/C11H10BrFO/c12-4-2-1-3-9-5-10(8-14)7-11(13)6-9/h1,3,5-8H,2,4H2. The predicted octanol–water partition coefficient (Wildman–Crippen LogP) is 3.44. The molecule has 0 unspecified atom stereocenters. The molecule has 1 nitrogen and oxygen atoms in total. The van der Waals surface area contributed by atoms with Gasteiger partial charge in [0.2, 0.25) is 0 Å². The molecular formula is C11H10BrFO. The van der Waals surface area contributed by atoms with Crippen LogP contribution in [0.25, 0.3) is 6.08 Å². The minimum absolute atomic E-state index is 0.364. The maximum absolute atomic E-state index is 12.9.